The molecule has 0 aliphatic heterocycles. The van der Waals surface area contributed by atoms with Gasteiger partial charge in [-0.3, -0.25) is 0 Å². The fourth-order valence-electron chi connectivity index (χ4n) is 2.79. The number of nitrogens with zero attached hydrogens (tertiary/aromatic N) is 2. The molecule has 108 valence electrons. The van der Waals surface area contributed by atoms with Crippen LogP contribution in [-0.2, 0) is 0 Å². The molecule has 1 aromatic rings. The lowest BCUT2D eigenvalue weighted by Crippen LogP contribution is -2.33. The van der Waals surface area contributed by atoms with Crippen LogP contribution in [0.3, 0.4) is 0 Å². The van der Waals surface area contributed by atoms with E-state index in [-0.39, 0.29) is 0 Å². The topological polar surface area (TPSA) is 48.3 Å². The molecular weight excluding hydrogens is 250 g/mol. The second-order valence-corrected chi connectivity index (χ2v) is 5.37. The number of nitrogens with one attached hydrogen (secondary N) is 1. The van der Waals surface area contributed by atoms with Crippen LogP contribution in [0.2, 0.25) is 0 Å². The van der Waals surface area contributed by atoms with Crippen molar-refractivity contribution in [3.63, 3.8) is 0 Å². The zero-order valence-corrected chi connectivity index (χ0v) is 12.4. The predicted molar refractivity (Wildman–Crippen MR) is 81.1 cm³/mol. The van der Waals surface area contributed by atoms with Crippen molar-refractivity contribution in [2.75, 3.05) is 32.6 Å². The van der Waals surface area contributed by atoms with E-state index in [2.05, 4.69) is 23.3 Å². The largest absolute Gasteiger partial charge is 0.497 e. The minimum Gasteiger partial charge on any atom is -0.497 e. The molecule has 0 unspecified atom stereocenters. The van der Waals surface area contributed by atoms with Gasteiger partial charge in [0.05, 0.1) is 18.4 Å². The second-order valence-electron chi connectivity index (χ2n) is 5.37. The van der Waals surface area contributed by atoms with E-state index in [9.17, 15) is 0 Å². The molecule has 0 saturated heterocycles. The second kappa shape index (κ2) is 7.16. The Morgan fingerprint density at radius 1 is 1.40 bits per heavy atom. The fourth-order valence-corrected chi connectivity index (χ4v) is 2.79. The maximum absolute atomic E-state index is 9.12. The number of benzene rings is 1. The van der Waals surface area contributed by atoms with Crippen LogP contribution >= 0.6 is 0 Å². The molecule has 0 spiro atoms. The molecule has 4 nitrogen and oxygen atoms in total. The predicted octanol–water partition coefficient (Wildman–Crippen LogP) is 2.85. The Hall–Kier alpha value is -1.73. The van der Waals surface area contributed by atoms with Gasteiger partial charge in [0, 0.05) is 25.2 Å². The van der Waals surface area contributed by atoms with E-state index in [0.29, 0.717) is 5.56 Å². The number of methoxy groups -OCH3 is 1. The van der Waals surface area contributed by atoms with E-state index in [4.69, 9.17) is 10.00 Å². The van der Waals surface area contributed by atoms with Crippen LogP contribution < -0.4 is 10.1 Å². The first kappa shape index (κ1) is 14.7. The Balaban J connectivity index is 1.88. The number of likely N-dealkylation sites (N-methyl/N-ethyl adjacent to an activating group) is 1. The molecule has 1 N–H and O–H groups in total. The first-order valence-corrected chi connectivity index (χ1v) is 7.27. The lowest BCUT2D eigenvalue weighted by molar-refractivity contribution is 0.254. The van der Waals surface area contributed by atoms with E-state index in [1.165, 1.54) is 25.7 Å². The van der Waals surface area contributed by atoms with Gasteiger partial charge in [0.25, 0.3) is 0 Å². The summed E-state index contributed by atoms with van der Waals surface area (Å²) >= 11 is 0. The first-order chi connectivity index (χ1) is 9.74. The molecule has 20 heavy (non-hydrogen) atoms. The third kappa shape index (κ3) is 3.64. The quantitative estimate of drug-likeness (QED) is 0.866. The van der Waals surface area contributed by atoms with Gasteiger partial charge in [-0.15, -0.1) is 0 Å². The average Bonchev–Trinajstić information content (AvgIpc) is 3.01. The molecule has 0 heterocycles. The molecule has 1 fully saturated rings. The van der Waals surface area contributed by atoms with Crippen LogP contribution in [0.15, 0.2) is 18.2 Å². The zero-order valence-electron chi connectivity index (χ0n) is 12.4. The van der Waals surface area contributed by atoms with Crippen molar-refractivity contribution < 1.29 is 4.74 Å². The Kier molecular flexibility index (Phi) is 5.25. The highest BCUT2D eigenvalue weighted by atomic mass is 16.5. The van der Waals surface area contributed by atoms with Crippen molar-refractivity contribution in [3.05, 3.63) is 23.8 Å². The van der Waals surface area contributed by atoms with Gasteiger partial charge < -0.3 is 15.0 Å². The number of hydrogen-bond donors (Lipinski definition) is 1. The van der Waals surface area contributed by atoms with Crippen molar-refractivity contribution in [2.24, 2.45) is 0 Å². The van der Waals surface area contributed by atoms with Gasteiger partial charge >= 0.3 is 0 Å². The van der Waals surface area contributed by atoms with E-state index in [1.54, 1.807) is 13.2 Å². The van der Waals surface area contributed by atoms with E-state index < -0.39 is 0 Å². The van der Waals surface area contributed by atoms with Crippen LogP contribution in [0.25, 0.3) is 0 Å². The lowest BCUT2D eigenvalue weighted by atomic mass is 10.2. The van der Waals surface area contributed by atoms with Crippen molar-refractivity contribution in [2.45, 2.75) is 31.7 Å². The van der Waals surface area contributed by atoms with E-state index in [1.807, 2.05) is 12.1 Å². The Morgan fingerprint density at radius 2 is 2.15 bits per heavy atom. The first-order valence-electron chi connectivity index (χ1n) is 7.27. The summed E-state index contributed by atoms with van der Waals surface area (Å²) in [5.41, 5.74) is 1.51. The molecule has 0 aromatic heterocycles. The van der Waals surface area contributed by atoms with Crippen molar-refractivity contribution in [1.29, 1.82) is 5.26 Å². The maximum atomic E-state index is 9.12. The van der Waals surface area contributed by atoms with E-state index in [0.717, 1.165) is 30.6 Å². The smallest absolute Gasteiger partial charge is 0.121 e. The van der Waals surface area contributed by atoms with Crippen LogP contribution in [0.1, 0.15) is 31.2 Å². The normalized spacial score (nSPS) is 15.3. The van der Waals surface area contributed by atoms with Gasteiger partial charge in [-0.2, -0.15) is 5.26 Å². The molecule has 4 heteroatoms. The molecule has 0 atom stereocenters. The summed E-state index contributed by atoms with van der Waals surface area (Å²) in [6.07, 6.45) is 5.35. The van der Waals surface area contributed by atoms with Crippen molar-refractivity contribution in [3.8, 4) is 11.8 Å². The molecule has 2 rings (SSSR count). The Bertz CT molecular complexity index is 475. The van der Waals surface area contributed by atoms with Gasteiger partial charge in [0.1, 0.15) is 11.8 Å². The molecule has 0 bridgehead atoms. The lowest BCUT2D eigenvalue weighted by Gasteiger charge is -2.24. The van der Waals surface area contributed by atoms with Gasteiger partial charge in [-0.05, 0) is 32.0 Å². The molecule has 1 aliphatic rings. The summed E-state index contributed by atoms with van der Waals surface area (Å²) in [6, 6.07) is 8.43. The van der Waals surface area contributed by atoms with Gasteiger partial charge in [-0.1, -0.05) is 12.8 Å². The fraction of sp³-hybridized carbons (Fsp3) is 0.562. The van der Waals surface area contributed by atoms with Crippen LogP contribution in [-0.4, -0.2) is 38.2 Å². The molecule has 1 aliphatic carbocycles. The summed E-state index contributed by atoms with van der Waals surface area (Å²) < 4.78 is 5.20. The third-order valence-electron chi connectivity index (χ3n) is 4.08. The number of ether oxygens (including phenoxy) is 1. The van der Waals surface area contributed by atoms with Crippen molar-refractivity contribution in [1.82, 2.24) is 4.90 Å². The number of rotatable bonds is 6. The van der Waals surface area contributed by atoms with Gasteiger partial charge in [0.2, 0.25) is 0 Å². The number of anilines is 1. The summed E-state index contributed by atoms with van der Waals surface area (Å²) in [6.45, 7) is 1.83. The summed E-state index contributed by atoms with van der Waals surface area (Å²) in [5, 5.41) is 12.5. The highest BCUT2D eigenvalue weighted by molar-refractivity contribution is 5.60. The summed E-state index contributed by atoms with van der Waals surface area (Å²) in [5.74, 6) is 0.774. The molecule has 0 radical (unpaired) electrons. The Morgan fingerprint density at radius 3 is 2.80 bits per heavy atom. The van der Waals surface area contributed by atoms with Crippen molar-refractivity contribution >= 4 is 5.69 Å². The van der Waals surface area contributed by atoms with E-state index >= 15 is 0 Å². The highest BCUT2D eigenvalue weighted by Gasteiger charge is 2.18. The Labute approximate surface area is 121 Å². The summed E-state index contributed by atoms with van der Waals surface area (Å²) in [4.78, 5) is 2.42. The average molecular weight is 273 g/mol. The van der Waals surface area contributed by atoms with Gasteiger partial charge in [-0.25, -0.2) is 0 Å². The SMILES string of the molecule is COc1ccc(C#N)c(NCCN(C)C2CCCC2)c1. The monoisotopic (exact) mass is 273 g/mol. The van der Waals surface area contributed by atoms with Gasteiger partial charge in [0.15, 0.2) is 0 Å². The van der Waals surface area contributed by atoms with Crippen LogP contribution in [0.5, 0.6) is 5.75 Å². The molecule has 0 amide bonds. The number of nitriles is 1. The minimum atomic E-state index is 0.661. The zero-order chi connectivity index (χ0) is 14.4. The maximum Gasteiger partial charge on any atom is 0.121 e. The van der Waals surface area contributed by atoms with Crippen LogP contribution in [0.4, 0.5) is 5.69 Å². The summed E-state index contributed by atoms with van der Waals surface area (Å²) in [7, 11) is 3.83. The molecular formula is C16H23N3O. The molecule has 1 aromatic carbocycles. The standard InChI is InChI=1S/C16H23N3O/c1-19(14-5-3-4-6-14)10-9-18-16-11-15(20-2)8-7-13(16)12-17/h7-8,11,14,18H,3-6,9-10H2,1-2H3. The molecule has 1 saturated carbocycles. The number of hydrogen-bond acceptors (Lipinski definition) is 4. The third-order valence-corrected chi connectivity index (χ3v) is 4.08. The highest BCUT2D eigenvalue weighted by Crippen LogP contribution is 2.23. The van der Waals surface area contributed by atoms with Crippen LogP contribution in [0, 0.1) is 11.3 Å². The minimum absolute atomic E-state index is 0.661.